The fourth-order valence-corrected chi connectivity index (χ4v) is 4.72. The number of benzene rings is 2. The fourth-order valence-electron chi connectivity index (χ4n) is 4.72. The zero-order chi connectivity index (χ0) is 27.5. The highest BCUT2D eigenvalue weighted by Crippen LogP contribution is 2.33. The monoisotopic (exact) mass is 537 g/mol. The Balaban J connectivity index is 1.25. The van der Waals surface area contributed by atoms with Crippen LogP contribution in [0.3, 0.4) is 0 Å². The Morgan fingerprint density at radius 2 is 1.95 bits per heavy atom. The molecular formula is C27H25F2N5O5. The van der Waals surface area contributed by atoms with Gasteiger partial charge in [0.2, 0.25) is 5.91 Å². The summed E-state index contributed by atoms with van der Waals surface area (Å²) in [4.78, 5) is 47.8. The van der Waals surface area contributed by atoms with Gasteiger partial charge in [-0.1, -0.05) is 0 Å². The van der Waals surface area contributed by atoms with Crippen molar-refractivity contribution in [2.24, 2.45) is 0 Å². The molecule has 1 saturated heterocycles. The maximum atomic E-state index is 13.9. The van der Waals surface area contributed by atoms with Crippen molar-refractivity contribution in [2.45, 2.75) is 37.5 Å². The number of ether oxygens (including phenoxy) is 2. The van der Waals surface area contributed by atoms with E-state index in [1.165, 1.54) is 18.6 Å². The van der Waals surface area contributed by atoms with Gasteiger partial charge < -0.3 is 25.0 Å². The van der Waals surface area contributed by atoms with E-state index in [0.717, 1.165) is 18.2 Å². The van der Waals surface area contributed by atoms with Crippen LogP contribution in [-0.4, -0.2) is 64.5 Å². The molecule has 1 aromatic heterocycles. The van der Waals surface area contributed by atoms with E-state index in [9.17, 15) is 23.2 Å². The average Bonchev–Trinajstić information content (AvgIpc) is 2.93. The maximum absolute atomic E-state index is 13.9. The van der Waals surface area contributed by atoms with E-state index in [0.29, 0.717) is 24.3 Å². The minimum atomic E-state index is -0.738. The summed E-state index contributed by atoms with van der Waals surface area (Å²) >= 11 is 0. The smallest absolute Gasteiger partial charge is 0.275 e. The van der Waals surface area contributed by atoms with E-state index in [-0.39, 0.29) is 41.9 Å². The molecule has 12 heteroatoms. The average molecular weight is 538 g/mol. The molecule has 1 fully saturated rings. The summed E-state index contributed by atoms with van der Waals surface area (Å²) in [5, 5.41) is 5.09. The highest BCUT2D eigenvalue weighted by Gasteiger charge is 2.39. The van der Waals surface area contributed by atoms with E-state index in [1.807, 2.05) is 0 Å². The lowest BCUT2D eigenvalue weighted by atomic mass is 9.94. The normalized spacial score (nSPS) is 20.5. The largest absolute Gasteiger partial charge is 0.490 e. The number of nitrogens with zero attached hydrogens (tertiary/aromatic N) is 3. The first-order valence-corrected chi connectivity index (χ1v) is 12.3. The van der Waals surface area contributed by atoms with E-state index in [1.54, 1.807) is 30.1 Å². The molecule has 2 N–H and O–H groups in total. The van der Waals surface area contributed by atoms with Gasteiger partial charge in [0, 0.05) is 31.2 Å². The fraction of sp³-hybridized carbons (Fsp3) is 0.296. The molecule has 39 heavy (non-hydrogen) atoms. The zero-order valence-electron chi connectivity index (χ0n) is 20.9. The molecule has 0 spiro atoms. The molecule has 2 aromatic carbocycles. The molecule has 2 aliphatic heterocycles. The van der Waals surface area contributed by atoms with Gasteiger partial charge in [0.05, 0.1) is 36.0 Å². The molecular weight excluding hydrogens is 512 g/mol. The van der Waals surface area contributed by atoms with Crippen LogP contribution in [0.5, 0.6) is 5.75 Å². The minimum absolute atomic E-state index is 0.0672. The van der Waals surface area contributed by atoms with Crippen LogP contribution in [0.2, 0.25) is 0 Å². The van der Waals surface area contributed by atoms with Crippen LogP contribution in [0.15, 0.2) is 55.0 Å². The van der Waals surface area contributed by atoms with Gasteiger partial charge in [-0.05, 0) is 43.2 Å². The van der Waals surface area contributed by atoms with Crippen molar-refractivity contribution in [3.8, 4) is 5.75 Å². The quantitative estimate of drug-likeness (QED) is 0.511. The predicted molar refractivity (Wildman–Crippen MR) is 135 cm³/mol. The van der Waals surface area contributed by atoms with Gasteiger partial charge in [0.25, 0.3) is 11.8 Å². The van der Waals surface area contributed by atoms with Gasteiger partial charge in [0.1, 0.15) is 35.8 Å². The van der Waals surface area contributed by atoms with Gasteiger partial charge in [-0.2, -0.15) is 0 Å². The molecule has 2 aliphatic rings. The first-order valence-electron chi connectivity index (χ1n) is 12.3. The van der Waals surface area contributed by atoms with Crippen molar-refractivity contribution in [1.82, 2.24) is 14.9 Å². The summed E-state index contributed by atoms with van der Waals surface area (Å²) in [5.74, 6) is -2.36. The molecule has 3 heterocycles. The van der Waals surface area contributed by atoms with Gasteiger partial charge in [-0.3, -0.25) is 19.4 Å². The number of fused-ring (bicyclic) bond motifs is 2. The number of carbonyl (C=O) groups excluding carboxylic acids is 3. The van der Waals surface area contributed by atoms with Gasteiger partial charge in [-0.25, -0.2) is 13.8 Å². The number of amides is 3. The third-order valence-electron chi connectivity index (χ3n) is 6.68. The van der Waals surface area contributed by atoms with Crippen molar-refractivity contribution < 1.29 is 32.6 Å². The van der Waals surface area contributed by atoms with Gasteiger partial charge in [-0.15, -0.1) is 0 Å². The minimum Gasteiger partial charge on any atom is -0.490 e. The van der Waals surface area contributed by atoms with Crippen LogP contribution < -0.4 is 15.4 Å². The Labute approximate surface area is 222 Å². The number of hydrogen-bond donors (Lipinski definition) is 2. The SMILES string of the molecule is CN1C(=O)c2cc(NC(=O)c3cnccn3)ccc2OC[C@H]2O[C@@H](CC(=O)Nc3cc(F)ccc3F)CC[C@@H]21. The summed E-state index contributed by atoms with van der Waals surface area (Å²) in [5.41, 5.74) is 0.576. The molecule has 3 amide bonds. The van der Waals surface area contributed by atoms with E-state index < -0.39 is 35.7 Å². The van der Waals surface area contributed by atoms with Crippen molar-refractivity contribution in [2.75, 3.05) is 24.3 Å². The summed E-state index contributed by atoms with van der Waals surface area (Å²) in [6, 6.07) is 7.26. The second-order valence-corrected chi connectivity index (χ2v) is 9.30. The number of nitrogens with one attached hydrogen (secondary N) is 2. The van der Waals surface area contributed by atoms with E-state index in [4.69, 9.17) is 9.47 Å². The molecule has 0 bridgehead atoms. The third kappa shape index (κ3) is 5.85. The lowest BCUT2D eigenvalue weighted by molar-refractivity contribution is -0.130. The first-order chi connectivity index (χ1) is 18.8. The lowest BCUT2D eigenvalue weighted by Crippen LogP contribution is -2.53. The Kier molecular flexibility index (Phi) is 7.46. The molecule has 0 radical (unpaired) electrons. The summed E-state index contributed by atoms with van der Waals surface area (Å²) in [6.45, 7) is 0.122. The number of likely N-dealkylation sites (N-methyl/N-ethyl adjacent to an activating group) is 1. The second-order valence-electron chi connectivity index (χ2n) is 9.30. The molecule has 10 nitrogen and oxygen atoms in total. The topological polar surface area (TPSA) is 123 Å². The van der Waals surface area contributed by atoms with E-state index in [2.05, 4.69) is 20.6 Å². The van der Waals surface area contributed by atoms with E-state index >= 15 is 0 Å². The third-order valence-corrected chi connectivity index (χ3v) is 6.68. The highest BCUT2D eigenvalue weighted by atomic mass is 19.1. The Bertz CT molecular complexity index is 1410. The molecule has 0 unspecified atom stereocenters. The number of carbonyl (C=O) groups is 3. The number of hydrogen-bond acceptors (Lipinski definition) is 7. The maximum Gasteiger partial charge on any atom is 0.275 e. The second kappa shape index (κ2) is 11.1. The molecule has 3 atom stereocenters. The van der Waals surface area contributed by atoms with Crippen LogP contribution in [0.4, 0.5) is 20.2 Å². The number of halogens is 2. The van der Waals surface area contributed by atoms with Crippen LogP contribution in [0, 0.1) is 11.6 Å². The lowest BCUT2D eigenvalue weighted by Gasteiger charge is -2.42. The zero-order valence-corrected chi connectivity index (χ0v) is 20.9. The number of aromatic nitrogens is 2. The Morgan fingerprint density at radius 3 is 2.74 bits per heavy atom. The summed E-state index contributed by atoms with van der Waals surface area (Å²) < 4.78 is 39.4. The van der Waals surface area contributed by atoms with Gasteiger partial charge in [0.15, 0.2) is 0 Å². The van der Waals surface area contributed by atoms with Crippen LogP contribution in [0.1, 0.15) is 40.1 Å². The van der Waals surface area contributed by atoms with Crippen LogP contribution >= 0.6 is 0 Å². The molecule has 202 valence electrons. The highest BCUT2D eigenvalue weighted by molar-refractivity contribution is 6.04. The Hall–Kier alpha value is -4.45. The van der Waals surface area contributed by atoms with Gasteiger partial charge >= 0.3 is 0 Å². The van der Waals surface area contributed by atoms with Crippen LogP contribution in [0.25, 0.3) is 0 Å². The molecule has 5 rings (SSSR count). The molecule has 0 saturated carbocycles. The first kappa shape index (κ1) is 26.2. The summed E-state index contributed by atoms with van der Waals surface area (Å²) in [6.07, 6.45) is 4.15. The molecule has 0 aliphatic carbocycles. The summed E-state index contributed by atoms with van der Waals surface area (Å²) in [7, 11) is 1.67. The predicted octanol–water partition coefficient (Wildman–Crippen LogP) is 3.42. The van der Waals surface area contributed by atoms with Crippen molar-refractivity contribution in [3.63, 3.8) is 0 Å². The van der Waals surface area contributed by atoms with Crippen LogP contribution in [-0.2, 0) is 9.53 Å². The standard InChI is InChI=1S/C27H25F2N5O5/c1-34-22-6-4-17(12-25(35)33-20-10-15(28)2-5-19(20)29)39-24(22)14-38-23-7-3-16(11-18(23)27(34)37)32-26(36)21-13-30-8-9-31-21/h2-3,5,7-11,13,17,22,24H,4,6,12,14H2,1H3,(H,32,36)(H,33,35)/t17-,22+,24-/m1/s1. The van der Waals surface area contributed by atoms with Crippen molar-refractivity contribution in [1.29, 1.82) is 0 Å². The Morgan fingerprint density at radius 1 is 1.10 bits per heavy atom. The van der Waals surface area contributed by atoms with Crippen molar-refractivity contribution in [3.05, 3.63) is 77.9 Å². The number of anilines is 2. The number of rotatable bonds is 5. The molecule has 3 aromatic rings. The van der Waals surface area contributed by atoms with Crippen molar-refractivity contribution >= 4 is 29.1 Å².